The molecule has 1 saturated carbocycles. The molecular weight excluding hydrogens is 330 g/mol. The van der Waals surface area contributed by atoms with Crippen LogP contribution in [0.15, 0.2) is 28.7 Å². The van der Waals surface area contributed by atoms with Gasteiger partial charge in [-0.3, -0.25) is 0 Å². The molecule has 0 heterocycles. The van der Waals surface area contributed by atoms with E-state index in [1.165, 1.54) is 0 Å². The highest BCUT2D eigenvalue weighted by molar-refractivity contribution is 9.10. The molecule has 4 heteroatoms. The maximum atomic E-state index is 12.5. The molecule has 3 unspecified atom stereocenters. The fourth-order valence-electron chi connectivity index (χ4n) is 3.04. The van der Waals surface area contributed by atoms with Crippen molar-refractivity contribution in [2.75, 3.05) is 11.9 Å². The number of hydrogen-bond donors (Lipinski definition) is 1. The number of esters is 1. The zero-order chi connectivity index (χ0) is 15.5. The van der Waals surface area contributed by atoms with Crippen LogP contribution in [0.5, 0.6) is 0 Å². The van der Waals surface area contributed by atoms with Gasteiger partial charge in [0.1, 0.15) is 5.54 Å². The summed E-state index contributed by atoms with van der Waals surface area (Å²) in [5, 5.41) is 3.46. The third-order valence-corrected chi connectivity index (χ3v) is 5.09. The van der Waals surface area contributed by atoms with Crippen LogP contribution >= 0.6 is 15.9 Å². The Morgan fingerprint density at radius 1 is 1.33 bits per heavy atom. The van der Waals surface area contributed by atoms with Crippen LogP contribution in [0, 0.1) is 11.8 Å². The highest BCUT2D eigenvalue weighted by atomic mass is 79.9. The second-order valence-electron chi connectivity index (χ2n) is 6.13. The van der Waals surface area contributed by atoms with Crippen molar-refractivity contribution >= 4 is 27.6 Å². The molecule has 0 aromatic heterocycles. The molecule has 1 aliphatic carbocycles. The van der Waals surface area contributed by atoms with Crippen LogP contribution in [0.4, 0.5) is 5.69 Å². The standard InChI is InChI=1S/C17H24BrNO2/c1-4-21-16(20)17(10-9-12(2)13(3)11-17)19-15-7-5-14(18)6-8-15/h5-8,12-13,19H,4,9-11H2,1-3H3. The van der Waals surface area contributed by atoms with Crippen molar-refractivity contribution < 1.29 is 9.53 Å². The lowest BCUT2D eigenvalue weighted by Crippen LogP contribution is -2.52. The second-order valence-corrected chi connectivity index (χ2v) is 7.05. The Morgan fingerprint density at radius 3 is 2.57 bits per heavy atom. The second kappa shape index (κ2) is 6.82. The minimum absolute atomic E-state index is 0.119. The summed E-state index contributed by atoms with van der Waals surface area (Å²) in [4.78, 5) is 12.5. The number of carbonyl (C=O) groups is 1. The van der Waals surface area contributed by atoms with E-state index in [4.69, 9.17) is 4.74 Å². The van der Waals surface area contributed by atoms with Crippen LogP contribution in [0.25, 0.3) is 0 Å². The summed E-state index contributed by atoms with van der Waals surface area (Å²) in [6.45, 7) is 6.77. The van der Waals surface area contributed by atoms with E-state index in [1.807, 2.05) is 31.2 Å². The van der Waals surface area contributed by atoms with E-state index >= 15 is 0 Å². The first-order chi connectivity index (χ1) is 9.97. The average molecular weight is 354 g/mol. The van der Waals surface area contributed by atoms with Gasteiger partial charge in [-0.05, 0) is 62.3 Å². The number of hydrogen-bond acceptors (Lipinski definition) is 3. The Kier molecular flexibility index (Phi) is 5.31. The smallest absolute Gasteiger partial charge is 0.331 e. The van der Waals surface area contributed by atoms with Gasteiger partial charge in [-0.2, -0.15) is 0 Å². The first kappa shape index (κ1) is 16.3. The van der Waals surface area contributed by atoms with E-state index in [2.05, 4.69) is 35.1 Å². The minimum Gasteiger partial charge on any atom is -0.464 e. The third-order valence-electron chi connectivity index (χ3n) is 4.56. The van der Waals surface area contributed by atoms with Crippen molar-refractivity contribution in [1.29, 1.82) is 0 Å². The van der Waals surface area contributed by atoms with Crippen LogP contribution in [0.2, 0.25) is 0 Å². The fourth-order valence-corrected chi connectivity index (χ4v) is 3.30. The summed E-state index contributed by atoms with van der Waals surface area (Å²) >= 11 is 3.44. The lowest BCUT2D eigenvalue weighted by Gasteiger charge is -2.41. The van der Waals surface area contributed by atoms with Crippen molar-refractivity contribution in [3.05, 3.63) is 28.7 Å². The molecule has 3 atom stereocenters. The highest BCUT2D eigenvalue weighted by Crippen LogP contribution is 2.39. The van der Waals surface area contributed by atoms with Crippen molar-refractivity contribution in [3.8, 4) is 0 Å². The quantitative estimate of drug-likeness (QED) is 0.802. The van der Waals surface area contributed by atoms with E-state index in [1.54, 1.807) is 0 Å². The minimum atomic E-state index is -0.588. The molecule has 0 bridgehead atoms. The predicted molar refractivity (Wildman–Crippen MR) is 89.3 cm³/mol. The normalized spacial score (nSPS) is 29.0. The molecule has 0 aliphatic heterocycles. The molecule has 0 radical (unpaired) electrons. The van der Waals surface area contributed by atoms with E-state index in [9.17, 15) is 4.79 Å². The van der Waals surface area contributed by atoms with E-state index in [0.717, 1.165) is 29.4 Å². The lowest BCUT2D eigenvalue weighted by atomic mass is 9.71. The Bertz CT molecular complexity index is 488. The molecule has 21 heavy (non-hydrogen) atoms. The van der Waals surface area contributed by atoms with Gasteiger partial charge in [0.05, 0.1) is 6.61 Å². The van der Waals surface area contributed by atoms with Gasteiger partial charge in [0.2, 0.25) is 0 Å². The number of rotatable bonds is 4. The van der Waals surface area contributed by atoms with Gasteiger partial charge in [-0.1, -0.05) is 29.8 Å². The Balaban J connectivity index is 2.23. The van der Waals surface area contributed by atoms with Crippen LogP contribution in [-0.2, 0) is 9.53 Å². The zero-order valence-electron chi connectivity index (χ0n) is 13.0. The molecular formula is C17H24BrNO2. The molecule has 1 fully saturated rings. The maximum Gasteiger partial charge on any atom is 0.331 e. The Labute approximate surface area is 135 Å². The van der Waals surface area contributed by atoms with Crippen molar-refractivity contribution in [3.63, 3.8) is 0 Å². The van der Waals surface area contributed by atoms with Crippen molar-refractivity contribution in [2.45, 2.75) is 45.6 Å². The predicted octanol–water partition coefficient (Wildman–Crippen LogP) is 4.62. The van der Waals surface area contributed by atoms with E-state index < -0.39 is 5.54 Å². The Morgan fingerprint density at radius 2 is 2.00 bits per heavy atom. The van der Waals surface area contributed by atoms with Crippen LogP contribution in [0.3, 0.4) is 0 Å². The fraction of sp³-hybridized carbons (Fsp3) is 0.588. The molecule has 1 aromatic rings. The van der Waals surface area contributed by atoms with Crippen LogP contribution < -0.4 is 5.32 Å². The average Bonchev–Trinajstić information content (AvgIpc) is 2.46. The number of halogens is 1. The molecule has 1 aromatic carbocycles. The van der Waals surface area contributed by atoms with Crippen LogP contribution in [-0.4, -0.2) is 18.1 Å². The number of ether oxygens (including phenoxy) is 1. The topological polar surface area (TPSA) is 38.3 Å². The number of nitrogens with one attached hydrogen (secondary N) is 1. The SMILES string of the molecule is CCOC(=O)C1(Nc2ccc(Br)cc2)CCC(C)C(C)C1. The van der Waals surface area contributed by atoms with Gasteiger partial charge in [-0.25, -0.2) is 4.79 Å². The molecule has 3 nitrogen and oxygen atoms in total. The summed E-state index contributed by atoms with van der Waals surface area (Å²) in [6.07, 6.45) is 2.69. The Hall–Kier alpha value is -1.03. The van der Waals surface area contributed by atoms with E-state index in [0.29, 0.717) is 18.4 Å². The molecule has 116 valence electrons. The molecule has 0 amide bonds. The molecule has 0 saturated heterocycles. The van der Waals surface area contributed by atoms with Gasteiger partial charge >= 0.3 is 5.97 Å². The summed E-state index contributed by atoms with van der Waals surface area (Å²) in [7, 11) is 0. The first-order valence-electron chi connectivity index (χ1n) is 7.68. The largest absolute Gasteiger partial charge is 0.464 e. The van der Waals surface area contributed by atoms with Crippen molar-refractivity contribution in [1.82, 2.24) is 0 Å². The molecule has 1 N–H and O–H groups in total. The lowest BCUT2D eigenvalue weighted by molar-refractivity contribution is -0.150. The summed E-state index contributed by atoms with van der Waals surface area (Å²) in [6, 6.07) is 7.95. The number of carbonyl (C=O) groups excluding carboxylic acids is 1. The van der Waals surface area contributed by atoms with Gasteiger partial charge in [0, 0.05) is 10.2 Å². The zero-order valence-corrected chi connectivity index (χ0v) is 14.6. The molecule has 1 aliphatic rings. The molecule has 0 spiro atoms. The van der Waals surface area contributed by atoms with Gasteiger partial charge < -0.3 is 10.1 Å². The first-order valence-corrected chi connectivity index (χ1v) is 8.47. The number of benzene rings is 1. The van der Waals surface area contributed by atoms with Crippen molar-refractivity contribution in [2.24, 2.45) is 11.8 Å². The van der Waals surface area contributed by atoms with Gasteiger partial charge in [-0.15, -0.1) is 0 Å². The van der Waals surface area contributed by atoms with E-state index in [-0.39, 0.29) is 5.97 Å². The summed E-state index contributed by atoms with van der Waals surface area (Å²) in [5.41, 5.74) is 0.378. The summed E-state index contributed by atoms with van der Waals surface area (Å²) < 4.78 is 6.38. The monoisotopic (exact) mass is 353 g/mol. The van der Waals surface area contributed by atoms with Gasteiger partial charge in [0.15, 0.2) is 0 Å². The van der Waals surface area contributed by atoms with Crippen LogP contribution in [0.1, 0.15) is 40.0 Å². The van der Waals surface area contributed by atoms with Gasteiger partial charge in [0.25, 0.3) is 0 Å². The highest BCUT2D eigenvalue weighted by Gasteiger charge is 2.45. The molecule has 2 rings (SSSR count). The third kappa shape index (κ3) is 3.79. The summed E-state index contributed by atoms with van der Waals surface area (Å²) in [5.74, 6) is 1.04. The number of anilines is 1. The maximum absolute atomic E-state index is 12.5.